The Hall–Kier alpha value is -0.870. The van der Waals surface area contributed by atoms with Gasteiger partial charge in [-0.05, 0) is 57.1 Å². The molecule has 1 atom stereocenters. The van der Waals surface area contributed by atoms with Crippen molar-refractivity contribution in [3.63, 3.8) is 0 Å². The Morgan fingerprint density at radius 2 is 2.28 bits per heavy atom. The number of carbonyl (C=O) groups excluding carboxylic acids is 1. The Morgan fingerprint density at radius 3 is 3.00 bits per heavy atom. The minimum atomic E-state index is 0.0415. The number of amides is 1. The van der Waals surface area contributed by atoms with Gasteiger partial charge in [-0.2, -0.15) is 0 Å². The molecule has 1 amide bonds. The number of aliphatic hydroxyl groups excluding tert-OH is 1. The molecule has 1 unspecified atom stereocenters. The van der Waals surface area contributed by atoms with Gasteiger partial charge in [0.1, 0.15) is 0 Å². The molecule has 100 valence electrons. The fraction of sp³-hybridized carbons (Fsp3) is 0.643. The highest BCUT2D eigenvalue weighted by Gasteiger charge is 2.18. The van der Waals surface area contributed by atoms with Crippen molar-refractivity contribution in [1.29, 1.82) is 0 Å². The van der Waals surface area contributed by atoms with Crippen molar-refractivity contribution in [1.82, 2.24) is 5.32 Å². The lowest BCUT2D eigenvalue weighted by atomic mass is 9.99. The first-order valence-corrected chi connectivity index (χ1v) is 7.55. The fourth-order valence-electron chi connectivity index (χ4n) is 2.37. The minimum absolute atomic E-state index is 0.0415. The van der Waals surface area contributed by atoms with Crippen LogP contribution in [0.15, 0.2) is 6.07 Å². The summed E-state index contributed by atoms with van der Waals surface area (Å²) in [6.45, 7) is 2.18. The number of carbonyl (C=O) groups is 1. The topological polar surface area (TPSA) is 49.3 Å². The van der Waals surface area contributed by atoms with E-state index in [-0.39, 0.29) is 18.6 Å². The largest absolute Gasteiger partial charge is 0.396 e. The van der Waals surface area contributed by atoms with E-state index in [1.165, 1.54) is 23.3 Å². The van der Waals surface area contributed by atoms with Crippen molar-refractivity contribution < 1.29 is 9.90 Å². The highest BCUT2D eigenvalue weighted by Crippen LogP contribution is 2.29. The zero-order valence-corrected chi connectivity index (χ0v) is 11.7. The zero-order valence-electron chi connectivity index (χ0n) is 10.9. The number of nitrogens with one attached hydrogen (secondary N) is 1. The van der Waals surface area contributed by atoms with Gasteiger partial charge < -0.3 is 10.4 Å². The lowest BCUT2D eigenvalue weighted by Crippen LogP contribution is -2.32. The summed E-state index contributed by atoms with van der Waals surface area (Å²) < 4.78 is 0. The second-order valence-electron chi connectivity index (χ2n) is 5.01. The molecule has 1 heterocycles. The Morgan fingerprint density at radius 1 is 1.50 bits per heavy atom. The van der Waals surface area contributed by atoms with Crippen molar-refractivity contribution in [2.24, 2.45) is 0 Å². The molecule has 1 aromatic heterocycles. The lowest BCUT2D eigenvalue weighted by molar-refractivity contribution is 0.0940. The highest BCUT2D eigenvalue weighted by molar-refractivity contribution is 7.14. The van der Waals surface area contributed by atoms with Gasteiger partial charge in [0.25, 0.3) is 5.91 Å². The van der Waals surface area contributed by atoms with Crippen molar-refractivity contribution in [2.75, 3.05) is 6.61 Å². The maximum Gasteiger partial charge on any atom is 0.261 e. The molecule has 2 N–H and O–H groups in total. The van der Waals surface area contributed by atoms with Crippen molar-refractivity contribution in [3.8, 4) is 0 Å². The van der Waals surface area contributed by atoms with Gasteiger partial charge >= 0.3 is 0 Å². The SMILES string of the molecule is CC(CCCO)NC(=O)c1cc2c(s1)CCCC2. The van der Waals surface area contributed by atoms with Gasteiger partial charge in [-0.25, -0.2) is 0 Å². The van der Waals surface area contributed by atoms with Gasteiger partial charge in [-0.3, -0.25) is 4.79 Å². The third-order valence-electron chi connectivity index (χ3n) is 3.39. The van der Waals surface area contributed by atoms with Crippen LogP contribution in [0.4, 0.5) is 0 Å². The highest BCUT2D eigenvalue weighted by atomic mass is 32.1. The van der Waals surface area contributed by atoms with Crippen LogP contribution >= 0.6 is 11.3 Å². The van der Waals surface area contributed by atoms with Crippen LogP contribution in [0.1, 0.15) is 52.7 Å². The van der Waals surface area contributed by atoms with Crippen LogP contribution < -0.4 is 5.32 Å². The molecule has 2 rings (SSSR count). The summed E-state index contributed by atoms with van der Waals surface area (Å²) in [5.41, 5.74) is 1.37. The molecule has 0 aromatic carbocycles. The average molecular weight is 267 g/mol. The number of aryl methyl sites for hydroxylation is 2. The van der Waals surface area contributed by atoms with E-state index in [1.807, 2.05) is 6.92 Å². The number of fused-ring (bicyclic) bond motifs is 1. The van der Waals surface area contributed by atoms with Crippen molar-refractivity contribution >= 4 is 17.2 Å². The summed E-state index contributed by atoms with van der Waals surface area (Å²) in [5.74, 6) is 0.0415. The van der Waals surface area contributed by atoms with E-state index in [0.717, 1.165) is 30.6 Å². The van der Waals surface area contributed by atoms with Crippen LogP contribution in [-0.2, 0) is 12.8 Å². The average Bonchev–Trinajstić information content (AvgIpc) is 2.80. The molecule has 4 heteroatoms. The van der Waals surface area contributed by atoms with Gasteiger partial charge in [0.15, 0.2) is 0 Å². The van der Waals surface area contributed by atoms with Crippen LogP contribution in [-0.4, -0.2) is 23.7 Å². The summed E-state index contributed by atoms with van der Waals surface area (Å²) in [6, 6.07) is 2.19. The molecule has 3 nitrogen and oxygen atoms in total. The fourth-order valence-corrected chi connectivity index (χ4v) is 3.52. The second kappa shape index (κ2) is 6.34. The van der Waals surface area contributed by atoms with E-state index < -0.39 is 0 Å². The first-order valence-electron chi connectivity index (χ1n) is 6.74. The van der Waals surface area contributed by atoms with E-state index in [0.29, 0.717) is 0 Å². The molecule has 1 aliphatic rings. The molecule has 0 bridgehead atoms. The standard InChI is InChI=1S/C14H21NO2S/c1-10(5-4-8-16)15-14(17)13-9-11-6-2-3-7-12(11)18-13/h9-10,16H,2-8H2,1H3,(H,15,17). The number of hydrogen-bond acceptors (Lipinski definition) is 3. The Kier molecular flexibility index (Phi) is 4.78. The first-order chi connectivity index (χ1) is 8.70. The van der Waals surface area contributed by atoms with Gasteiger partial charge in [0, 0.05) is 17.5 Å². The van der Waals surface area contributed by atoms with E-state index in [9.17, 15) is 4.79 Å². The number of thiophene rings is 1. The molecule has 1 aliphatic carbocycles. The van der Waals surface area contributed by atoms with Crippen LogP contribution in [0.25, 0.3) is 0 Å². The normalized spacial score (nSPS) is 16.1. The third-order valence-corrected chi connectivity index (χ3v) is 4.63. The molecule has 0 radical (unpaired) electrons. The molecule has 0 aliphatic heterocycles. The van der Waals surface area contributed by atoms with Crippen molar-refractivity contribution in [3.05, 3.63) is 21.4 Å². The maximum absolute atomic E-state index is 12.1. The summed E-state index contributed by atoms with van der Waals surface area (Å²) in [4.78, 5) is 14.3. The Labute approximate surface area is 112 Å². The van der Waals surface area contributed by atoms with Gasteiger partial charge in [-0.15, -0.1) is 11.3 Å². The van der Waals surface area contributed by atoms with E-state index in [1.54, 1.807) is 11.3 Å². The second-order valence-corrected chi connectivity index (χ2v) is 6.14. The number of hydrogen-bond donors (Lipinski definition) is 2. The van der Waals surface area contributed by atoms with Crippen LogP contribution in [0.2, 0.25) is 0 Å². The van der Waals surface area contributed by atoms with E-state index in [2.05, 4.69) is 11.4 Å². The summed E-state index contributed by atoms with van der Waals surface area (Å²) >= 11 is 1.65. The molecule has 0 spiro atoms. The molecule has 1 aromatic rings. The van der Waals surface area contributed by atoms with Gasteiger partial charge in [0.2, 0.25) is 0 Å². The zero-order chi connectivity index (χ0) is 13.0. The Balaban J connectivity index is 1.94. The summed E-state index contributed by atoms with van der Waals surface area (Å²) in [5, 5.41) is 11.8. The third kappa shape index (κ3) is 3.33. The molecular formula is C14H21NO2S. The molecule has 0 saturated heterocycles. The predicted octanol–water partition coefficient (Wildman–Crippen LogP) is 2.52. The van der Waals surface area contributed by atoms with Crippen LogP contribution in [0.3, 0.4) is 0 Å². The molecule has 18 heavy (non-hydrogen) atoms. The minimum Gasteiger partial charge on any atom is -0.396 e. The lowest BCUT2D eigenvalue weighted by Gasteiger charge is -2.11. The summed E-state index contributed by atoms with van der Waals surface area (Å²) in [7, 11) is 0. The van der Waals surface area contributed by atoms with Gasteiger partial charge in [0.05, 0.1) is 4.88 Å². The quantitative estimate of drug-likeness (QED) is 0.861. The maximum atomic E-state index is 12.1. The summed E-state index contributed by atoms with van der Waals surface area (Å²) in [6.07, 6.45) is 6.32. The smallest absolute Gasteiger partial charge is 0.261 e. The predicted molar refractivity (Wildman–Crippen MR) is 74.2 cm³/mol. The van der Waals surface area contributed by atoms with Gasteiger partial charge in [-0.1, -0.05) is 0 Å². The van der Waals surface area contributed by atoms with Crippen LogP contribution in [0.5, 0.6) is 0 Å². The number of rotatable bonds is 5. The monoisotopic (exact) mass is 267 g/mol. The van der Waals surface area contributed by atoms with Crippen molar-refractivity contribution in [2.45, 2.75) is 51.5 Å². The Bertz CT molecular complexity index is 390. The number of aliphatic hydroxyl groups is 1. The molecular weight excluding hydrogens is 246 g/mol. The van der Waals surface area contributed by atoms with E-state index >= 15 is 0 Å². The molecule has 0 fully saturated rings. The van der Waals surface area contributed by atoms with Crippen LogP contribution in [0, 0.1) is 0 Å². The first kappa shape index (κ1) is 13.6. The molecule has 0 saturated carbocycles. The van der Waals surface area contributed by atoms with E-state index in [4.69, 9.17) is 5.11 Å².